The fourth-order valence-corrected chi connectivity index (χ4v) is 2.91. The summed E-state index contributed by atoms with van der Waals surface area (Å²) in [7, 11) is 0. The predicted octanol–water partition coefficient (Wildman–Crippen LogP) is 4.07. The van der Waals surface area contributed by atoms with E-state index in [9.17, 15) is 4.39 Å². The van der Waals surface area contributed by atoms with Gasteiger partial charge < -0.3 is 10.3 Å². The molecule has 1 saturated carbocycles. The van der Waals surface area contributed by atoms with Crippen molar-refractivity contribution in [1.82, 2.24) is 9.55 Å². The molecule has 0 saturated heterocycles. The molecule has 4 rings (SSSR count). The Labute approximate surface area is 122 Å². The van der Waals surface area contributed by atoms with Crippen LogP contribution in [0.1, 0.15) is 24.4 Å². The van der Waals surface area contributed by atoms with Crippen molar-refractivity contribution < 1.29 is 4.39 Å². The average molecular weight is 281 g/mol. The molecule has 1 aromatic heterocycles. The van der Waals surface area contributed by atoms with Crippen molar-refractivity contribution in [2.45, 2.75) is 25.8 Å². The highest BCUT2D eigenvalue weighted by Gasteiger charge is 2.29. The fourth-order valence-electron chi connectivity index (χ4n) is 2.91. The number of nitrogens with two attached hydrogens (primary N) is 1. The molecule has 2 N–H and O–H groups in total. The maximum atomic E-state index is 14.0. The van der Waals surface area contributed by atoms with E-state index in [0.717, 1.165) is 41.0 Å². The Kier molecular flexibility index (Phi) is 2.55. The Morgan fingerprint density at radius 1 is 1.24 bits per heavy atom. The van der Waals surface area contributed by atoms with E-state index in [4.69, 9.17) is 5.73 Å². The minimum atomic E-state index is -0.263. The van der Waals surface area contributed by atoms with E-state index in [2.05, 4.69) is 9.55 Å². The number of hydrogen-bond donors (Lipinski definition) is 1. The first-order valence-corrected chi connectivity index (χ1v) is 7.18. The lowest BCUT2D eigenvalue weighted by atomic mass is 10.1. The third kappa shape index (κ3) is 1.90. The lowest BCUT2D eigenvalue weighted by Crippen LogP contribution is -1.99. The van der Waals surface area contributed by atoms with E-state index in [-0.39, 0.29) is 5.82 Å². The first-order chi connectivity index (χ1) is 10.1. The summed E-state index contributed by atoms with van der Waals surface area (Å²) < 4.78 is 16.2. The third-order valence-electron chi connectivity index (χ3n) is 4.07. The van der Waals surface area contributed by atoms with E-state index < -0.39 is 0 Å². The molecule has 0 atom stereocenters. The molecule has 3 nitrogen and oxygen atoms in total. The number of imidazole rings is 1. The van der Waals surface area contributed by atoms with E-state index in [1.807, 2.05) is 31.2 Å². The number of nitrogens with zero attached hydrogens (tertiary/aromatic N) is 2. The number of rotatable bonds is 2. The SMILES string of the molecule is Cc1cc(N)ccc1-c1nc2c(F)cccc2n1C1CC1. The van der Waals surface area contributed by atoms with Gasteiger partial charge in [0.05, 0.1) is 5.52 Å². The smallest absolute Gasteiger partial charge is 0.151 e. The maximum Gasteiger partial charge on any atom is 0.151 e. The van der Waals surface area contributed by atoms with Crippen molar-refractivity contribution in [3.05, 3.63) is 47.8 Å². The monoisotopic (exact) mass is 281 g/mol. The van der Waals surface area contributed by atoms with E-state index in [1.54, 1.807) is 6.07 Å². The normalized spacial score (nSPS) is 14.8. The van der Waals surface area contributed by atoms with Gasteiger partial charge in [0.1, 0.15) is 11.3 Å². The number of anilines is 1. The zero-order chi connectivity index (χ0) is 14.6. The van der Waals surface area contributed by atoms with Crippen molar-refractivity contribution in [1.29, 1.82) is 0 Å². The van der Waals surface area contributed by atoms with Crippen LogP contribution in [0.4, 0.5) is 10.1 Å². The van der Waals surface area contributed by atoms with Crippen LogP contribution >= 0.6 is 0 Å². The molecule has 4 heteroatoms. The van der Waals surface area contributed by atoms with E-state index in [0.29, 0.717) is 11.6 Å². The number of fused-ring (bicyclic) bond motifs is 1. The molecule has 0 amide bonds. The van der Waals surface area contributed by atoms with Gasteiger partial charge in [-0.15, -0.1) is 0 Å². The number of halogens is 1. The van der Waals surface area contributed by atoms with Crippen molar-refractivity contribution in [3.63, 3.8) is 0 Å². The molecule has 0 aliphatic heterocycles. The maximum absolute atomic E-state index is 14.0. The van der Waals surface area contributed by atoms with Crippen LogP contribution in [0.2, 0.25) is 0 Å². The number of benzene rings is 2. The highest BCUT2D eigenvalue weighted by atomic mass is 19.1. The molecule has 0 radical (unpaired) electrons. The quantitative estimate of drug-likeness (QED) is 0.720. The largest absolute Gasteiger partial charge is 0.399 e. The van der Waals surface area contributed by atoms with E-state index in [1.165, 1.54) is 6.07 Å². The Morgan fingerprint density at radius 2 is 2.05 bits per heavy atom. The standard InChI is InChI=1S/C17H16FN3/c1-10-9-11(19)5-8-13(10)17-20-16-14(18)3-2-4-15(16)21(17)12-6-7-12/h2-5,8-9,12H,6-7,19H2,1H3. The number of hydrogen-bond acceptors (Lipinski definition) is 2. The highest BCUT2D eigenvalue weighted by molar-refractivity contribution is 5.82. The van der Waals surface area contributed by atoms with Gasteiger partial charge in [-0.05, 0) is 55.7 Å². The molecule has 1 aliphatic rings. The zero-order valence-corrected chi connectivity index (χ0v) is 11.8. The zero-order valence-electron chi connectivity index (χ0n) is 11.8. The van der Waals surface area contributed by atoms with Crippen LogP contribution in [-0.4, -0.2) is 9.55 Å². The van der Waals surface area contributed by atoms with Gasteiger partial charge in [0, 0.05) is 17.3 Å². The van der Waals surface area contributed by atoms with Gasteiger partial charge in [0.15, 0.2) is 5.82 Å². The molecular weight excluding hydrogens is 265 g/mol. The Balaban J connectivity index is 2.03. The van der Waals surface area contributed by atoms with Gasteiger partial charge in [-0.25, -0.2) is 9.37 Å². The Morgan fingerprint density at radius 3 is 2.76 bits per heavy atom. The second kappa shape index (κ2) is 4.32. The van der Waals surface area contributed by atoms with Crippen LogP contribution in [0, 0.1) is 12.7 Å². The molecule has 0 spiro atoms. The average Bonchev–Trinajstić information content (AvgIpc) is 3.20. The molecule has 0 bridgehead atoms. The molecule has 21 heavy (non-hydrogen) atoms. The summed E-state index contributed by atoms with van der Waals surface area (Å²) in [6.45, 7) is 2.01. The molecule has 0 unspecified atom stereocenters. The van der Waals surface area contributed by atoms with Crippen LogP contribution < -0.4 is 5.73 Å². The minimum Gasteiger partial charge on any atom is -0.399 e. The van der Waals surface area contributed by atoms with Gasteiger partial charge in [-0.2, -0.15) is 0 Å². The van der Waals surface area contributed by atoms with Crippen molar-refractivity contribution >= 4 is 16.7 Å². The van der Waals surface area contributed by atoms with Gasteiger partial charge in [0.25, 0.3) is 0 Å². The number of aryl methyl sites for hydroxylation is 1. The summed E-state index contributed by atoms with van der Waals surface area (Å²) in [5, 5.41) is 0. The molecule has 2 aromatic carbocycles. The van der Waals surface area contributed by atoms with Crippen molar-refractivity contribution in [2.24, 2.45) is 0 Å². The van der Waals surface area contributed by atoms with Crippen LogP contribution in [0.5, 0.6) is 0 Å². The van der Waals surface area contributed by atoms with Crippen molar-refractivity contribution in [3.8, 4) is 11.4 Å². The molecule has 1 fully saturated rings. The predicted molar refractivity (Wildman–Crippen MR) is 82.5 cm³/mol. The molecule has 1 heterocycles. The summed E-state index contributed by atoms with van der Waals surface area (Å²) in [5.74, 6) is 0.580. The minimum absolute atomic E-state index is 0.263. The number of nitrogen functional groups attached to an aromatic ring is 1. The summed E-state index contributed by atoms with van der Waals surface area (Å²) >= 11 is 0. The molecule has 106 valence electrons. The van der Waals surface area contributed by atoms with Gasteiger partial charge in [-0.1, -0.05) is 6.07 Å². The second-order valence-corrected chi connectivity index (χ2v) is 5.72. The summed E-state index contributed by atoms with van der Waals surface area (Å²) in [4.78, 5) is 4.58. The van der Waals surface area contributed by atoms with Crippen molar-refractivity contribution in [2.75, 3.05) is 5.73 Å². The van der Waals surface area contributed by atoms with E-state index >= 15 is 0 Å². The number of aromatic nitrogens is 2. The molecular formula is C17H16FN3. The van der Waals surface area contributed by atoms with Crippen LogP contribution in [-0.2, 0) is 0 Å². The van der Waals surface area contributed by atoms with Gasteiger partial charge in [-0.3, -0.25) is 0 Å². The molecule has 3 aromatic rings. The fraction of sp³-hybridized carbons (Fsp3) is 0.235. The summed E-state index contributed by atoms with van der Waals surface area (Å²) in [6, 6.07) is 11.4. The Bertz CT molecular complexity index is 847. The first-order valence-electron chi connectivity index (χ1n) is 7.18. The van der Waals surface area contributed by atoms with Crippen LogP contribution in [0.25, 0.3) is 22.4 Å². The van der Waals surface area contributed by atoms with Gasteiger partial charge in [0.2, 0.25) is 0 Å². The topological polar surface area (TPSA) is 43.8 Å². The second-order valence-electron chi connectivity index (χ2n) is 5.72. The Hall–Kier alpha value is -2.36. The summed E-state index contributed by atoms with van der Waals surface area (Å²) in [5.41, 5.74) is 9.98. The number of para-hydroxylation sites is 1. The van der Waals surface area contributed by atoms with Crippen LogP contribution in [0.3, 0.4) is 0 Å². The first kappa shape index (κ1) is 12.4. The summed E-state index contributed by atoms with van der Waals surface area (Å²) in [6.07, 6.45) is 2.26. The highest BCUT2D eigenvalue weighted by Crippen LogP contribution is 2.42. The van der Waals surface area contributed by atoms with Crippen LogP contribution in [0.15, 0.2) is 36.4 Å². The lowest BCUT2D eigenvalue weighted by molar-refractivity contribution is 0.637. The van der Waals surface area contributed by atoms with Gasteiger partial charge >= 0.3 is 0 Å². The third-order valence-corrected chi connectivity index (χ3v) is 4.07. The lowest BCUT2D eigenvalue weighted by Gasteiger charge is -2.10. The molecule has 1 aliphatic carbocycles.